The van der Waals surface area contributed by atoms with Gasteiger partial charge in [0, 0.05) is 17.4 Å². The summed E-state index contributed by atoms with van der Waals surface area (Å²) in [6.07, 6.45) is 5.48. The molecule has 0 spiro atoms. The molecule has 4 nitrogen and oxygen atoms in total. The van der Waals surface area contributed by atoms with Crippen LogP contribution in [0, 0.1) is 5.92 Å². The van der Waals surface area contributed by atoms with Gasteiger partial charge in [0.25, 0.3) is 0 Å². The topological polar surface area (TPSA) is 58.6 Å². The van der Waals surface area contributed by atoms with E-state index < -0.39 is 5.97 Å². The Morgan fingerprint density at radius 3 is 2.86 bits per heavy atom. The third-order valence-corrected chi connectivity index (χ3v) is 7.36. The monoisotopic (exact) mass is 413 g/mol. The van der Waals surface area contributed by atoms with Crippen molar-refractivity contribution in [2.24, 2.45) is 5.92 Å². The zero-order valence-corrected chi connectivity index (χ0v) is 16.7. The van der Waals surface area contributed by atoms with Crippen LogP contribution in [0.15, 0.2) is 48.6 Å². The average molecular weight is 414 g/mol. The standard InChI is InChI=1S/C22H20ClNO3S/c23-18-8-7-17(22(25)26)19-15-5-2-6-16(15)20(24-21(18)19)12-3-1-4-13(9-12)27-14-10-28-11-14/h1-5,7-9,14-16,20,24H,6,10-11H2,(H,25,26)/t15-,16+,20-/m1/s1. The molecule has 2 aromatic carbocycles. The van der Waals surface area contributed by atoms with Crippen molar-refractivity contribution in [3.8, 4) is 5.75 Å². The number of ether oxygens (including phenoxy) is 1. The quantitative estimate of drug-likeness (QED) is 0.661. The lowest BCUT2D eigenvalue weighted by molar-refractivity contribution is 0.0695. The van der Waals surface area contributed by atoms with Crippen LogP contribution in [0.5, 0.6) is 5.75 Å². The Morgan fingerprint density at radius 2 is 2.11 bits per heavy atom. The van der Waals surface area contributed by atoms with E-state index in [9.17, 15) is 9.90 Å². The van der Waals surface area contributed by atoms with Crippen molar-refractivity contribution in [2.45, 2.75) is 24.5 Å². The van der Waals surface area contributed by atoms with Gasteiger partial charge in [-0.3, -0.25) is 0 Å². The van der Waals surface area contributed by atoms with Crippen molar-refractivity contribution in [3.05, 3.63) is 70.3 Å². The number of rotatable bonds is 4. The number of halogens is 1. The fourth-order valence-corrected chi connectivity index (χ4v) is 5.23. The van der Waals surface area contributed by atoms with Gasteiger partial charge in [-0.25, -0.2) is 4.79 Å². The highest BCUT2D eigenvalue weighted by atomic mass is 35.5. The van der Waals surface area contributed by atoms with Crippen LogP contribution < -0.4 is 10.1 Å². The number of fused-ring (bicyclic) bond motifs is 3. The minimum atomic E-state index is -0.916. The first-order chi connectivity index (χ1) is 13.6. The molecule has 0 bridgehead atoms. The van der Waals surface area contributed by atoms with E-state index in [0.717, 1.165) is 40.5 Å². The number of nitrogens with one attached hydrogen (secondary N) is 1. The molecule has 1 saturated heterocycles. The number of hydrogen-bond acceptors (Lipinski definition) is 4. The van der Waals surface area contributed by atoms with Gasteiger partial charge >= 0.3 is 5.97 Å². The van der Waals surface area contributed by atoms with E-state index in [-0.39, 0.29) is 17.9 Å². The van der Waals surface area contributed by atoms with Crippen molar-refractivity contribution in [1.29, 1.82) is 0 Å². The van der Waals surface area contributed by atoms with Crippen LogP contribution in [0.1, 0.15) is 39.9 Å². The summed E-state index contributed by atoms with van der Waals surface area (Å²) < 4.78 is 6.07. The summed E-state index contributed by atoms with van der Waals surface area (Å²) in [4.78, 5) is 11.8. The molecule has 0 saturated carbocycles. The minimum Gasteiger partial charge on any atom is -0.489 e. The van der Waals surface area contributed by atoms with Crippen LogP contribution in [0.3, 0.4) is 0 Å². The summed E-state index contributed by atoms with van der Waals surface area (Å²) in [5, 5.41) is 13.8. The molecule has 1 fully saturated rings. The van der Waals surface area contributed by atoms with Gasteiger partial charge in [0.2, 0.25) is 0 Å². The van der Waals surface area contributed by atoms with Gasteiger partial charge in [0.15, 0.2) is 0 Å². The molecule has 2 N–H and O–H groups in total. The Morgan fingerprint density at radius 1 is 1.25 bits per heavy atom. The second-order valence-corrected chi connectivity index (χ2v) is 9.00. The first-order valence-electron chi connectivity index (χ1n) is 9.45. The van der Waals surface area contributed by atoms with Crippen molar-refractivity contribution in [2.75, 3.05) is 16.8 Å². The van der Waals surface area contributed by atoms with Crippen LogP contribution in [-0.2, 0) is 0 Å². The summed E-state index contributed by atoms with van der Waals surface area (Å²) in [6.45, 7) is 0. The van der Waals surface area contributed by atoms with E-state index in [2.05, 4.69) is 29.6 Å². The predicted octanol–water partition coefficient (Wildman–Crippen LogP) is 5.36. The van der Waals surface area contributed by atoms with E-state index in [1.807, 2.05) is 23.9 Å². The molecule has 28 heavy (non-hydrogen) atoms. The lowest BCUT2D eigenvalue weighted by Gasteiger charge is -2.38. The Balaban J connectivity index is 1.54. The van der Waals surface area contributed by atoms with Gasteiger partial charge in [-0.1, -0.05) is 35.9 Å². The van der Waals surface area contributed by atoms with Gasteiger partial charge in [-0.2, -0.15) is 11.8 Å². The molecule has 2 aromatic rings. The van der Waals surface area contributed by atoms with Gasteiger partial charge in [-0.15, -0.1) is 0 Å². The lowest BCUT2D eigenvalue weighted by Crippen LogP contribution is -2.32. The van der Waals surface area contributed by atoms with E-state index in [4.69, 9.17) is 16.3 Å². The Bertz CT molecular complexity index is 972. The second-order valence-electron chi connectivity index (χ2n) is 7.51. The normalized spacial score (nSPS) is 25.4. The fourth-order valence-electron chi connectivity index (χ4n) is 4.45. The highest BCUT2D eigenvalue weighted by molar-refractivity contribution is 8.00. The summed E-state index contributed by atoms with van der Waals surface area (Å²) >= 11 is 8.38. The van der Waals surface area contributed by atoms with Crippen molar-refractivity contribution in [1.82, 2.24) is 0 Å². The van der Waals surface area contributed by atoms with Crippen molar-refractivity contribution >= 4 is 35.0 Å². The first-order valence-corrected chi connectivity index (χ1v) is 11.0. The third-order valence-electron chi connectivity index (χ3n) is 5.83. The number of aromatic carboxylic acids is 1. The molecular formula is C22H20ClNO3S. The molecule has 3 atom stereocenters. The maximum absolute atomic E-state index is 11.8. The smallest absolute Gasteiger partial charge is 0.336 e. The number of allylic oxidation sites excluding steroid dienone is 2. The first kappa shape index (κ1) is 18.0. The maximum Gasteiger partial charge on any atom is 0.336 e. The third kappa shape index (κ3) is 2.97. The second kappa shape index (κ2) is 7.05. The van der Waals surface area contributed by atoms with E-state index in [0.29, 0.717) is 16.7 Å². The number of carboxylic acids is 1. The number of hydrogen-bond donors (Lipinski definition) is 2. The average Bonchev–Trinajstić information content (AvgIpc) is 3.14. The van der Waals surface area contributed by atoms with Gasteiger partial charge in [0.1, 0.15) is 11.9 Å². The number of anilines is 1. The fraction of sp³-hybridized carbons (Fsp3) is 0.318. The number of thioether (sulfide) groups is 1. The van der Waals surface area contributed by atoms with E-state index in [1.54, 1.807) is 12.1 Å². The SMILES string of the molecule is O=C(O)c1ccc(Cl)c2c1[C@@H]1C=CC[C@@H]1[C@@H](c1cccc(OC3CSC3)c1)N2. The van der Waals surface area contributed by atoms with E-state index in [1.165, 1.54) is 0 Å². The largest absolute Gasteiger partial charge is 0.489 e. The molecule has 5 rings (SSSR count). The van der Waals surface area contributed by atoms with Gasteiger partial charge < -0.3 is 15.2 Å². The molecule has 0 unspecified atom stereocenters. The van der Waals surface area contributed by atoms with Crippen LogP contribution >= 0.6 is 23.4 Å². The molecule has 144 valence electrons. The molecule has 0 amide bonds. The van der Waals surface area contributed by atoms with Crippen LogP contribution in [-0.4, -0.2) is 28.7 Å². The molecule has 1 aliphatic carbocycles. The number of carboxylic acid groups (broad SMARTS) is 1. The lowest BCUT2D eigenvalue weighted by atomic mass is 9.75. The minimum absolute atomic E-state index is 0.0404. The Labute approximate surface area is 172 Å². The molecule has 2 heterocycles. The van der Waals surface area contributed by atoms with E-state index >= 15 is 0 Å². The van der Waals surface area contributed by atoms with Crippen LogP contribution in [0.25, 0.3) is 0 Å². The van der Waals surface area contributed by atoms with Gasteiger partial charge in [0.05, 0.1) is 22.3 Å². The van der Waals surface area contributed by atoms with Crippen molar-refractivity contribution < 1.29 is 14.6 Å². The summed E-state index contributed by atoms with van der Waals surface area (Å²) in [5.74, 6) is 2.35. The zero-order chi connectivity index (χ0) is 19.3. The summed E-state index contributed by atoms with van der Waals surface area (Å²) in [6, 6.07) is 11.6. The van der Waals surface area contributed by atoms with Crippen LogP contribution in [0.2, 0.25) is 5.02 Å². The zero-order valence-electron chi connectivity index (χ0n) is 15.1. The number of carbonyl (C=O) groups is 1. The Hall–Kier alpha value is -2.11. The summed E-state index contributed by atoms with van der Waals surface area (Å²) in [7, 11) is 0. The molecule has 6 heteroatoms. The molecule has 3 aliphatic rings. The van der Waals surface area contributed by atoms with Crippen LogP contribution in [0.4, 0.5) is 5.69 Å². The summed E-state index contributed by atoms with van der Waals surface area (Å²) in [5.41, 5.74) is 3.01. The van der Waals surface area contributed by atoms with Gasteiger partial charge in [-0.05, 0) is 47.7 Å². The Kier molecular flexibility index (Phi) is 4.52. The highest BCUT2D eigenvalue weighted by Crippen LogP contribution is 2.52. The molecule has 0 aromatic heterocycles. The molecule has 2 aliphatic heterocycles. The highest BCUT2D eigenvalue weighted by Gasteiger charge is 2.41. The number of benzene rings is 2. The molecule has 0 radical (unpaired) electrons. The predicted molar refractivity (Wildman–Crippen MR) is 113 cm³/mol. The molecular weight excluding hydrogens is 394 g/mol. The van der Waals surface area contributed by atoms with Crippen molar-refractivity contribution in [3.63, 3.8) is 0 Å². The maximum atomic E-state index is 11.8.